The number of aliphatic hydroxyl groups excluding tert-OH is 1. The number of aliphatic hydroxyl groups is 1. The SMILES string of the molecule is C=CCN(C[C@@H]1O[C@H](c2ccc(NC(=O)Nc3ccc(Oc4ccccc4)cc3)cc2)O[C@H](c2ccc(CO)cc2)[C@@H]1C)C1CCCC1. The molecular formula is C40H45N3O5. The zero-order valence-corrected chi connectivity index (χ0v) is 27.5. The van der Waals surface area contributed by atoms with Crippen molar-refractivity contribution in [3.63, 3.8) is 0 Å². The van der Waals surface area contributed by atoms with E-state index in [1.54, 1.807) is 12.1 Å². The maximum atomic E-state index is 12.8. The summed E-state index contributed by atoms with van der Waals surface area (Å²) in [7, 11) is 0. The van der Waals surface area contributed by atoms with Crippen molar-refractivity contribution in [3.05, 3.63) is 132 Å². The molecule has 1 saturated heterocycles. The highest BCUT2D eigenvalue weighted by Gasteiger charge is 2.40. The van der Waals surface area contributed by atoms with Gasteiger partial charge in [-0.1, -0.05) is 80.4 Å². The Labute approximate surface area is 283 Å². The maximum absolute atomic E-state index is 12.8. The number of rotatable bonds is 12. The van der Waals surface area contributed by atoms with Gasteiger partial charge in [-0.25, -0.2) is 4.79 Å². The molecule has 0 spiro atoms. The van der Waals surface area contributed by atoms with Crippen LogP contribution in [0.4, 0.5) is 16.2 Å². The number of amides is 2. The average Bonchev–Trinajstić information content (AvgIpc) is 3.66. The summed E-state index contributed by atoms with van der Waals surface area (Å²) in [5.41, 5.74) is 4.10. The van der Waals surface area contributed by atoms with E-state index in [1.165, 1.54) is 25.7 Å². The molecule has 8 nitrogen and oxygen atoms in total. The number of nitrogens with one attached hydrogen (secondary N) is 2. The monoisotopic (exact) mass is 647 g/mol. The van der Waals surface area contributed by atoms with Crippen LogP contribution in [0.3, 0.4) is 0 Å². The van der Waals surface area contributed by atoms with Crippen molar-refractivity contribution < 1.29 is 24.1 Å². The lowest BCUT2D eigenvalue weighted by Crippen LogP contribution is -2.47. The fourth-order valence-corrected chi connectivity index (χ4v) is 6.62. The van der Waals surface area contributed by atoms with Gasteiger partial charge in [0.1, 0.15) is 11.5 Å². The first kappa shape index (κ1) is 33.4. The Morgan fingerprint density at radius 2 is 1.46 bits per heavy atom. The summed E-state index contributed by atoms with van der Waals surface area (Å²) in [6.45, 7) is 7.85. The third kappa shape index (κ3) is 8.51. The van der Waals surface area contributed by atoms with Crippen LogP contribution in [0.15, 0.2) is 116 Å². The Kier molecular flexibility index (Phi) is 11.2. The molecule has 1 saturated carbocycles. The summed E-state index contributed by atoms with van der Waals surface area (Å²) in [5.74, 6) is 1.53. The fourth-order valence-electron chi connectivity index (χ4n) is 6.62. The number of hydrogen-bond acceptors (Lipinski definition) is 6. The standard InChI is InChI=1S/C40H45N3O5/c1-3-25-43(34-9-7-8-10-34)26-37-28(2)38(30-15-13-29(27-44)14-16-30)48-39(47-37)31-17-19-32(20-18-31)41-40(45)42-33-21-23-36(24-22-33)46-35-11-5-4-6-12-35/h3-6,11-24,28,34,37-39,44H,1,7-10,25-27H2,2H3,(H2,41,42,45)/t28-,37+,38+,39+/m1/s1. The number of para-hydroxylation sites is 1. The van der Waals surface area contributed by atoms with E-state index in [4.69, 9.17) is 14.2 Å². The summed E-state index contributed by atoms with van der Waals surface area (Å²) in [6, 6.07) is 32.5. The molecule has 0 bridgehead atoms. The Bertz CT molecular complexity index is 1610. The van der Waals surface area contributed by atoms with E-state index in [9.17, 15) is 9.90 Å². The van der Waals surface area contributed by atoms with Crippen LogP contribution in [-0.2, 0) is 16.1 Å². The Morgan fingerprint density at radius 1 is 0.854 bits per heavy atom. The number of carbonyl (C=O) groups is 1. The summed E-state index contributed by atoms with van der Waals surface area (Å²) < 4.78 is 19.2. The summed E-state index contributed by atoms with van der Waals surface area (Å²) in [6.07, 6.45) is 6.08. The van der Waals surface area contributed by atoms with Crippen molar-refractivity contribution in [1.29, 1.82) is 0 Å². The summed E-state index contributed by atoms with van der Waals surface area (Å²) in [4.78, 5) is 15.3. The predicted molar refractivity (Wildman–Crippen MR) is 189 cm³/mol. The lowest BCUT2D eigenvalue weighted by Gasteiger charge is -2.43. The van der Waals surface area contributed by atoms with Crippen LogP contribution in [0.1, 0.15) is 61.7 Å². The molecule has 2 amide bonds. The van der Waals surface area contributed by atoms with Crippen molar-refractivity contribution in [3.8, 4) is 11.5 Å². The number of hydrogen-bond donors (Lipinski definition) is 3. The predicted octanol–water partition coefficient (Wildman–Crippen LogP) is 8.84. The van der Waals surface area contributed by atoms with Gasteiger partial charge in [0.2, 0.25) is 0 Å². The molecular weight excluding hydrogens is 602 g/mol. The molecule has 48 heavy (non-hydrogen) atoms. The molecule has 4 aromatic rings. The molecule has 6 rings (SSSR count). The second-order valence-corrected chi connectivity index (χ2v) is 12.6. The van der Waals surface area contributed by atoms with Crippen molar-refractivity contribution >= 4 is 17.4 Å². The molecule has 0 unspecified atom stereocenters. The number of ether oxygens (including phenoxy) is 3. The molecule has 3 N–H and O–H groups in total. The van der Waals surface area contributed by atoms with Gasteiger partial charge in [-0.2, -0.15) is 0 Å². The first-order chi connectivity index (χ1) is 23.5. The van der Waals surface area contributed by atoms with Gasteiger partial charge in [-0.05, 0) is 72.5 Å². The highest BCUT2D eigenvalue weighted by Crippen LogP contribution is 2.42. The van der Waals surface area contributed by atoms with E-state index in [0.717, 1.165) is 35.5 Å². The Hall–Kier alpha value is -4.47. The van der Waals surface area contributed by atoms with Crippen LogP contribution in [-0.4, -0.2) is 41.3 Å². The molecule has 250 valence electrons. The largest absolute Gasteiger partial charge is 0.457 e. The minimum Gasteiger partial charge on any atom is -0.457 e. The van der Waals surface area contributed by atoms with Gasteiger partial charge in [0, 0.05) is 42.0 Å². The van der Waals surface area contributed by atoms with Gasteiger partial charge < -0.3 is 30.0 Å². The van der Waals surface area contributed by atoms with Crippen molar-refractivity contribution in [1.82, 2.24) is 4.90 Å². The van der Waals surface area contributed by atoms with Gasteiger partial charge in [0.05, 0.1) is 18.8 Å². The molecule has 0 radical (unpaired) electrons. The van der Waals surface area contributed by atoms with Gasteiger partial charge in [0.25, 0.3) is 0 Å². The highest BCUT2D eigenvalue weighted by atomic mass is 16.7. The van der Waals surface area contributed by atoms with E-state index in [-0.39, 0.29) is 30.8 Å². The molecule has 1 heterocycles. The quantitative estimate of drug-likeness (QED) is 0.133. The molecule has 1 aliphatic heterocycles. The van der Waals surface area contributed by atoms with Crippen molar-refractivity contribution in [2.75, 3.05) is 23.7 Å². The molecule has 2 fully saturated rings. The smallest absolute Gasteiger partial charge is 0.323 e. The van der Waals surface area contributed by atoms with Crippen molar-refractivity contribution in [2.45, 2.75) is 63.8 Å². The molecule has 0 aromatic heterocycles. The topological polar surface area (TPSA) is 92.3 Å². The van der Waals surface area contributed by atoms with Crippen LogP contribution >= 0.6 is 0 Å². The molecule has 8 heteroatoms. The average molecular weight is 648 g/mol. The van der Waals surface area contributed by atoms with Gasteiger partial charge >= 0.3 is 6.03 Å². The lowest BCUT2D eigenvalue weighted by molar-refractivity contribution is -0.276. The number of anilines is 2. The van der Waals surface area contributed by atoms with Gasteiger partial charge in [0.15, 0.2) is 6.29 Å². The fraction of sp³-hybridized carbons (Fsp3) is 0.325. The Balaban J connectivity index is 1.12. The first-order valence-electron chi connectivity index (χ1n) is 16.9. The highest BCUT2D eigenvalue weighted by molar-refractivity contribution is 5.99. The molecule has 4 aromatic carbocycles. The van der Waals surface area contributed by atoms with Crippen LogP contribution in [0, 0.1) is 5.92 Å². The van der Waals surface area contributed by atoms with E-state index >= 15 is 0 Å². The first-order valence-corrected chi connectivity index (χ1v) is 16.9. The Morgan fingerprint density at radius 3 is 2.08 bits per heavy atom. The van der Waals surface area contributed by atoms with Crippen LogP contribution in [0.2, 0.25) is 0 Å². The van der Waals surface area contributed by atoms with Crippen molar-refractivity contribution in [2.24, 2.45) is 5.92 Å². The van der Waals surface area contributed by atoms with E-state index in [1.807, 2.05) is 97.1 Å². The van der Waals surface area contributed by atoms with Crippen LogP contribution < -0.4 is 15.4 Å². The van der Waals surface area contributed by atoms with Gasteiger partial charge in [-0.15, -0.1) is 6.58 Å². The zero-order chi connectivity index (χ0) is 33.3. The maximum Gasteiger partial charge on any atom is 0.323 e. The second-order valence-electron chi connectivity index (χ2n) is 12.6. The van der Waals surface area contributed by atoms with E-state index in [2.05, 4.69) is 29.0 Å². The third-order valence-corrected chi connectivity index (χ3v) is 9.27. The zero-order valence-electron chi connectivity index (χ0n) is 27.5. The minimum atomic E-state index is -0.581. The van der Waals surface area contributed by atoms with Gasteiger partial charge in [-0.3, -0.25) is 4.90 Å². The summed E-state index contributed by atoms with van der Waals surface area (Å²) in [5, 5.41) is 15.4. The summed E-state index contributed by atoms with van der Waals surface area (Å²) >= 11 is 0. The van der Waals surface area contributed by atoms with E-state index in [0.29, 0.717) is 23.2 Å². The molecule has 4 atom stereocenters. The van der Waals surface area contributed by atoms with E-state index < -0.39 is 6.29 Å². The van der Waals surface area contributed by atoms with Crippen LogP contribution in [0.5, 0.6) is 11.5 Å². The van der Waals surface area contributed by atoms with Crippen LogP contribution in [0.25, 0.3) is 0 Å². The number of benzene rings is 4. The molecule has 2 aliphatic rings. The minimum absolute atomic E-state index is 0.00201. The third-order valence-electron chi connectivity index (χ3n) is 9.27. The molecule has 1 aliphatic carbocycles. The number of nitrogens with zero attached hydrogens (tertiary/aromatic N) is 1. The number of urea groups is 1. The lowest BCUT2D eigenvalue weighted by atomic mass is 9.89. The number of carbonyl (C=O) groups excluding carboxylic acids is 1. The normalized spacial score (nSPS) is 21.1. The second kappa shape index (κ2) is 16.1.